The van der Waals surface area contributed by atoms with Gasteiger partial charge in [0, 0.05) is 5.56 Å². The molecule has 0 radical (unpaired) electrons. The molecule has 3 aromatic rings. The van der Waals surface area contributed by atoms with Crippen molar-refractivity contribution in [1.29, 1.82) is 0 Å². The lowest BCUT2D eigenvalue weighted by Gasteiger charge is -2.32. The zero-order valence-corrected chi connectivity index (χ0v) is 17.5. The second-order valence-electron chi connectivity index (χ2n) is 7.22. The summed E-state index contributed by atoms with van der Waals surface area (Å²) in [6.45, 7) is 3.74. The smallest absolute Gasteiger partial charge is 0.252 e. The first kappa shape index (κ1) is 20.6. The Kier molecular flexibility index (Phi) is 5.75. The van der Waals surface area contributed by atoms with Crippen LogP contribution in [-0.4, -0.2) is 20.6 Å². The third-order valence-corrected chi connectivity index (χ3v) is 5.45. The summed E-state index contributed by atoms with van der Waals surface area (Å²) >= 11 is 0. The van der Waals surface area contributed by atoms with Gasteiger partial charge in [0.2, 0.25) is 10.0 Å². The van der Waals surface area contributed by atoms with E-state index in [1.54, 1.807) is 25.1 Å². The number of hydrogen-bond acceptors (Lipinski definition) is 3. The predicted molar refractivity (Wildman–Crippen MR) is 116 cm³/mol. The number of anilines is 1. The van der Waals surface area contributed by atoms with Gasteiger partial charge in [-0.2, -0.15) is 0 Å². The molecule has 0 spiro atoms. The van der Waals surface area contributed by atoms with Gasteiger partial charge in [-0.05, 0) is 42.7 Å². The number of amides is 1. The fourth-order valence-electron chi connectivity index (χ4n) is 3.23. The lowest BCUT2D eigenvalue weighted by atomic mass is 9.84. The monoisotopic (exact) mass is 408 g/mol. The van der Waals surface area contributed by atoms with Gasteiger partial charge in [-0.25, -0.2) is 8.42 Å². The molecule has 3 aromatic carbocycles. The Bertz CT molecular complexity index is 1070. The number of sulfonamides is 1. The Labute approximate surface area is 171 Å². The summed E-state index contributed by atoms with van der Waals surface area (Å²) in [4.78, 5) is 13.1. The van der Waals surface area contributed by atoms with Gasteiger partial charge in [0.25, 0.3) is 5.91 Å². The lowest BCUT2D eigenvalue weighted by molar-refractivity contribution is 0.0919. The summed E-state index contributed by atoms with van der Waals surface area (Å²) in [5.74, 6) is -0.295. The topological polar surface area (TPSA) is 75.3 Å². The van der Waals surface area contributed by atoms with Gasteiger partial charge in [0.1, 0.15) is 0 Å². The summed E-state index contributed by atoms with van der Waals surface area (Å²) in [5, 5.41) is 3.14. The summed E-state index contributed by atoms with van der Waals surface area (Å²) in [5.41, 5.74) is 2.64. The van der Waals surface area contributed by atoms with Crippen LogP contribution in [0, 0.1) is 6.92 Å². The van der Waals surface area contributed by atoms with Crippen molar-refractivity contribution in [3.63, 3.8) is 0 Å². The molecule has 3 rings (SSSR count). The minimum atomic E-state index is -3.44. The Balaban J connectivity index is 1.99. The molecule has 0 aliphatic rings. The molecule has 0 aliphatic carbocycles. The highest BCUT2D eigenvalue weighted by Gasteiger charge is 2.31. The average molecular weight is 409 g/mol. The molecule has 5 nitrogen and oxygen atoms in total. The van der Waals surface area contributed by atoms with E-state index in [9.17, 15) is 13.2 Å². The van der Waals surface area contributed by atoms with Crippen LogP contribution in [0.1, 0.15) is 34.0 Å². The van der Waals surface area contributed by atoms with E-state index in [0.29, 0.717) is 11.3 Å². The molecule has 29 heavy (non-hydrogen) atoms. The van der Waals surface area contributed by atoms with E-state index in [2.05, 4.69) is 10.0 Å². The molecule has 0 bridgehead atoms. The first-order chi connectivity index (χ1) is 13.7. The summed E-state index contributed by atoms with van der Waals surface area (Å²) in [6, 6.07) is 24.5. The van der Waals surface area contributed by atoms with Gasteiger partial charge in [0.05, 0.1) is 17.5 Å². The van der Waals surface area contributed by atoms with Crippen LogP contribution < -0.4 is 10.0 Å². The molecule has 0 unspecified atom stereocenters. The maximum Gasteiger partial charge on any atom is 0.252 e. The molecule has 0 saturated heterocycles. The third-order valence-electron chi connectivity index (χ3n) is 4.86. The molecule has 2 N–H and O–H groups in total. The maximum absolute atomic E-state index is 13.1. The van der Waals surface area contributed by atoms with Crippen molar-refractivity contribution in [3.05, 3.63) is 101 Å². The van der Waals surface area contributed by atoms with E-state index >= 15 is 0 Å². The molecule has 1 amide bonds. The van der Waals surface area contributed by atoms with Crippen molar-refractivity contribution in [2.45, 2.75) is 19.4 Å². The first-order valence-corrected chi connectivity index (χ1v) is 11.1. The van der Waals surface area contributed by atoms with E-state index in [1.165, 1.54) is 0 Å². The van der Waals surface area contributed by atoms with Gasteiger partial charge in [-0.15, -0.1) is 0 Å². The Hall–Kier alpha value is -3.12. The largest absolute Gasteiger partial charge is 0.339 e. The number of hydrogen-bond donors (Lipinski definition) is 2. The predicted octanol–water partition coefficient (Wildman–Crippen LogP) is 4.06. The van der Waals surface area contributed by atoms with Crippen molar-refractivity contribution in [2.24, 2.45) is 0 Å². The molecule has 0 atom stereocenters. The molecule has 150 valence electrons. The number of nitrogens with one attached hydrogen (secondary N) is 2. The van der Waals surface area contributed by atoms with E-state index in [4.69, 9.17) is 0 Å². The number of rotatable bonds is 6. The van der Waals surface area contributed by atoms with E-state index < -0.39 is 15.6 Å². The van der Waals surface area contributed by atoms with Crippen LogP contribution >= 0.6 is 0 Å². The van der Waals surface area contributed by atoms with Gasteiger partial charge < -0.3 is 5.32 Å². The average Bonchev–Trinajstić information content (AvgIpc) is 2.70. The second-order valence-corrected chi connectivity index (χ2v) is 8.96. The third kappa shape index (κ3) is 4.84. The van der Waals surface area contributed by atoms with Crippen molar-refractivity contribution >= 4 is 21.6 Å². The van der Waals surface area contributed by atoms with Crippen LogP contribution in [0.3, 0.4) is 0 Å². The minimum absolute atomic E-state index is 0.295. The van der Waals surface area contributed by atoms with E-state index in [0.717, 1.165) is 22.9 Å². The molecule has 0 aliphatic heterocycles. The minimum Gasteiger partial charge on any atom is -0.339 e. The number of aryl methyl sites for hydroxylation is 1. The molecular weight excluding hydrogens is 384 g/mol. The van der Waals surface area contributed by atoms with Crippen LogP contribution in [0.4, 0.5) is 5.69 Å². The highest BCUT2D eigenvalue weighted by Crippen LogP contribution is 2.30. The van der Waals surface area contributed by atoms with Crippen molar-refractivity contribution in [3.8, 4) is 0 Å². The van der Waals surface area contributed by atoms with Gasteiger partial charge in [-0.3, -0.25) is 9.52 Å². The second kappa shape index (κ2) is 8.09. The maximum atomic E-state index is 13.1. The zero-order valence-electron chi connectivity index (χ0n) is 16.6. The molecule has 0 aromatic heterocycles. The summed E-state index contributed by atoms with van der Waals surface area (Å²) < 4.78 is 25.7. The summed E-state index contributed by atoms with van der Waals surface area (Å²) in [6.07, 6.45) is 1.08. The Morgan fingerprint density at radius 3 is 1.86 bits per heavy atom. The van der Waals surface area contributed by atoms with Crippen molar-refractivity contribution < 1.29 is 13.2 Å². The lowest BCUT2D eigenvalue weighted by Crippen LogP contribution is -2.44. The fourth-order valence-corrected chi connectivity index (χ4v) is 3.85. The standard InChI is InChI=1S/C23H24N2O3S/c1-17-14-15-18(16-21(17)25-29(3,27)28)22(26)24-23(2,19-10-6-4-7-11-19)20-12-8-5-9-13-20/h4-16,25H,1-3H3,(H,24,26). The number of carbonyl (C=O) groups excluding carboxylic acids is 1. The van der Waals surface area contributed by atoms with E-state index in [-0.39, 0.29) is 5.91 Å². The molecule has 0 saturated carbocycles. The first-order valence-electron chi connectivity index (χ1n) is 9.21. The number of benzene rings is 3. The highest BCUT2D eigenvalue weighted by atomic mass is 32.2. The Morgan fingerprint density at radius 2 is 1.38 bits per heavy atom. The molecule has 6 heteroatoms. The van der Waals surface area contributed by atoms with E-state index in [1.807, 2.05) is 67.6 Å². The van der Waals surface area contributed by atoms with Crippen molar-refractivity contribution in [1.82, 2.24) is 5.32 Å². The molecular formula is C23H24N2O3S. The molecule has 0 fully saturated rings. The van der Waals surface area contributed by atoms with Gasteiger partial charge in [-0.1, -0.05) is 66.7 Å². The van der Waals surface area contributed by atoms with Crippen molar-refractivity contribution in [2.75, 3.05) is 11.0 Å². The van der Waals surface area contributed by atoms with Crippen LogP contribution in [0.25, 0.3) is 0 Å². The highest BCUT2D eigenvalue weighted by molar-refractivity contribution is 7.92. The Morgan fingerprint density at radius 1 is 0.862 bits per heavy atom. The van der Waals surface area contributed by atoms with Crippen LogP contribution in [0.5, 0.6) is 0 Å². The SMILES string of the molecule is Cc1ccc(C(=O)NC(C)(c2ccccc2)c2ccccc2)cc1NS(C)(=O)=O. The van der Waals surface area contributed by atoms with Gasteiger partial charge in [0.15, 0.2) is 0 Å². The molecule has 0 heterocycles. The van der Waals surface area contributed by atoms with Crippen LogP contribution in [0.15, 0.2) is 78.9 Å². The van der Waals surface area contributed by atoms with Gasteiger partial charge >= 0.3 is 0 Å². The van der Waals surface area contributed by atoms with Crippen LogP contribution in [-0.2, 0) is 15.6 Å². The normalized spacial score (nSPS) is 11.7. The number of carbonyl (C=O) groups is 1. The zero-order chi connectivity index (χ0) is 21.1. The quantitative estimate of drug-likeness (QED) is 0.646. The summed E-state index contributed by atoms with van der Waals surface area (Å²) in [7, 11) is -3.44. The van der Waals surface area contributed by atoms with Crippen LogP contribution in [0.2, 0.25) is 0 Å². The fraction of sp³-hybridized carbons (Fsp3) is 0.174.